The van der Waals surface area contributed by atoms with Gasteiger partial charge < -0.3 is 14.2 Å². The summed E-state index contributed by atoms with van der Waals surface area (Å²) in [7, 11) is 12.6. The number of pyridine rings is 2. The number of aromatic nitrogens is 4. The molecule has 1 fully saturated rings. The Balaban J connectivity index is 1.96. The predicted octanol–water partition coefficient (Wildman–Crippen LogP) is 3.59. The fraction of sp³-hybridized carbons (Fsp3) is 0.480. The van der Waals surface area contributed by atoms with Crippen molar-refractivity contribution in [3.05, 3.63) is 60.5 Å². The van der Waals surface area contributed by atoms with E-state index < -0.39 is 46.9 Å². The second-order valence-corrected chi connectivity index (χ2v) is 11.8. The van der Waals surface area contributed by atoms with Gasteiger partial charge in [-0.15, -0.1) is 0 Å². The molecule has 1 aliphatic rings. The van der Waals surface area contributed by atoms with Gasteiger partial charge in [-0.2, -0.15) is 0 Å². The number of ether oxygens (including phenoxy) is 1. The number of rotatable bonds is 4. The van der Waals surface area contributed by atoms with Crippen LogP contribution in [0.1, 0.15) is 51.8 Å². The van der Waals surface area contributed by atoms with Crippen LogP contribution >= 0.6 is 23.2 Å². The third-order valence-corrected chi connectivity index (χ3v) is 7.16. The number of nitrogens with zero attached hydrogens (tertiary/aromatic N) is 5. The summed E-state index contributed by atoms with van der Waals surface area (Å²) in [4.78, 5) is 49.5. The van der Waals surface area contributed by atoms with Crippen molar-refractivity contribution in [1.29, 1.82) is 0 Å². The van der Waals surface area contributed by atoms with E-state index in [9.17, 15) is 14.4 Å². The van der Waals surface area contributed by atoms with Gasteiger partial charge in [0, 0.05) is 11.5 Å². The van der Waals surface area contributed by atoms with Gasteiger partial charge in [-0.3, -0.25) is 19.1 Å². The molecule has 0 spiro atoms. The molecule has 3 aromatic heterocycles. The summed E-state index contributed by atoms with van der Waals surface area (Å²) < 4.78 is 23.2. The maximum atomic E-state index is 16.2. The number of halogens is 3. The van der Waals surface area contributed by atoms with E-state index in [1.54, 1.807) is 40.0 Å². The quantitative estimate of drug-likeness (QED) is 0.270. The van der Waals surface area contributed by atoms with Crippen LogP contribution in [0, 0.1) is 6.92 Å². The van der Waals surface area contributed by atoms with E-state index in [0.717, 1.165) is 9.47 Å². The molecule has 1 aliphatic heterocycles. The smallest absolute Gasteiger partial charge is 0.410 e. The van der Waals surface area contributed by atoms with Crippen molar-refractivity contribution in [1.82, 2.24) is 24.0 Å². The van der Waals surface area contributed by atoms with Gasteiger partial charge in [0.15, 0.2) is 11.3 Å². The second kappa shape index (κ2) is 9.66. The third kappa shape index (κ3) is 4.86. The van der Waals surface area contributed by atoms with Crippen LogP contribution in [0.25, 0.3) is 16.9 Å². The summed E-state index contributed by atoms with van der Waals surface area (Å²) in [6.45, 7) is 9.34. The number of likely N-dealkylation sites (tertiary alicyclic amines) is 1. The molecular weight excluding hydrogens is 546 g/mol. The molecule has 0 bridgehead atoms. The van der Waals surface area contributed by atoms with Crippen LogP contribution in [0.3, 0.4) is 0 Å². The molecule has 1 amide bonds. The molecule has 3 aromatic rings. The van der Waals surface area contributed by atoms with Crippen molar-refractivity contribution in [3.63, 3.8) is 0 Å². The fourth-order valence-corrected chi connectivity index (χ4v) is 4.78. The lowest BCUT2D eigenvalue weighted by molar-refractivity contribution is -0.0697. The van der Waals surface area contributed by atoms with Crippen molar-refractivity contribution < 1.29 is 13.9 Å². The Hall–Kier alpha value is -2.85. The topological polar surface area (TPSA) is 99.3 Å². The number of amides is 1. The van der Waals surface area contributed by atoms with Gasteiger partial charge in [0.25, 0.3) is 0 Å². The summed E-state index contributed by atoms with van der Waals surface area (Å²) >= 11 is 12.5. The molecule has 0 saturated carbocycles. The molecule has 4 radical (unpaired) electrons. The Morgan fingerprint density at radius 1 is 1.18 bits per heavy atom. The van der Waals surface area contributed by atoms with E-state index in [2.05, 4.69) is 9.97 Å². The number of hydrogen-bond donors (Lipinski definition) is 0. The van der Waals surface area contributed by atoms with Gasteiger partial charge >= 0.3 is 17.2 Å². The summed E-state index contributed by atoms with van der Waals surface area (Å²) in [6, 6.07) is 2.92. The zero-order chi connectivity index (χ0) is 29.2. The summed E-state index contributed by atoms with van der Waals surface area (Å²) in [5, 5.41) is -2.84. The Kier molecular flexibility index (Phi) is 7.22. The second-order valence-electron chi connectivity index (χ2n) is 11.0. The Bertz CT molecular complexity index is 1610. The zero-order valence-corrected chi connectivity index (χ0v) is 23.9. The van der Waals surface area contributed by atoms with Gasteiger partial charge in [-0.1, -0.05) is 37.0 Å². The molecule has 1 saturated heterocycles. The number of fused-ring (bicyclic) bond motifs is 1. The summed E-state index contributed by atoms with van der Waals surface area (Å²) in [6.07, 6.45) is 0.814. The van der Waals surface area contributed by atoms with Crippen LogP contribution in [0.2, 0.25) is 10.2 Å². The van der Waals surface area contributed by atoms with Gasteiger partial charge in [0.05, 0.1) is 50.7 Å². The predicted molar refractivity (Wildman–Crippen MR) is 149 cm³/mol. The van der Waals surface area contributed by atoms with Crippen LogP contribution < -0.4 is 11.1 Å². The van der Waals surface area contributed by atoms with E-state index in [1.165, 1.54) is 6.07 Å². The van der Waals surface area contributed by atoms with Crippen molar-refractivity contribution in [2.24, 2.45) is 0 Å². The van der Waals surface area contributed by atoms with Crippen LogP contribution in [0.4, 0.5) is 9.18 Å². The molecule has 4 rings (SSSR count). The van der Waals surface area contributed by atoms with Gasteiger partial charge in [0.1, 0.15) is 10.8 Å². The molecule has 4 heterocycles. The third-order valence-electron chi connectivity index (χ3n) is 6.48. The van der Waals surface area contributed by atoms with Crippen molar-refractivity contribution in [2.75, 3.05) is 13.1 Å². The molecule has 202 valence electrons. The van der Waals surface area contributed by atoms with Gasteiger partial charge in [-0.25, -0.2) is 14.2 Å². The first-order chi connectivity index (χ1) is 17.9. The van der Waals surface area contributed by atoms with Crippen LogP contribution in [0.5, 0.6) is 0 Å². The molecule has 0 aliphatic carbocycles. The molecule has 39 heavy (non-hydrogen) atoms. The van der Waals surface area contributed by atoms with Crippen LogP contribution in [0.15, 0.2) is 27.9 Å². The van der Waals surface area contributed by atoms with E-state index >= 15 is 4.39 Å². The Morgan fingerprint density at radius 3 is 2.36 bits per heavy atom. The number of hydrogen-bond acceptors (Lipinski definition) is 6. The molecule has 9 nitrogen and oxygen atoms in total. The van der Waals surface area contributed by atoms with Gasteiger partial charge in [-0.05, 0) is 51.3 Å². The maximum absolute atomic E-state index is 16.2. The average Bonchev–Trinajstić information content (AvgIpc) is 2.78. The minimum atomic E-state index is -2.59. The monoisotopic (exact) mass is 571 g/mol. The summed E-state index contributed by atoms with van der Waals surface area (Å²) in [5.41, 5.74) is -4.44. The molecule has 0 N–H and O–H groups in total. The van der Waals surface area contributed by atoms with Crippen molar-refractivity contribution >= 4 is 56.2 Å². The van der Waals surface area contributed by atoms with Gasteiger partial charge in [0.2, 0.25) is 0 Å². The largest absolute Gasteiger partial charge is 0.444 e. The standard InChI is InChI=1S/C25H26B2Cl2FN5O4/c1-12(2)16-17(13(3)7-8-31-16)34-19-15(9-14(28)18(29)32-19)35(21(37)20(34)36)25(26,27)24(30)10-33(11-24)22(38)39-23(4,5)6/h7-9,12H,10-11H2,1-6H3. The van der Waals surface area contributed by atoms with E-state index in [1.807, 2.05) is 13.8 Å². The SMILES string of the molecule is [B]C([B])(n1c(=O)c(=O)n(-c2c(C)ccnc2C(C)C)c2nc(Cl)c(Cl)cc21)C1(F)CN(C(=O)OC(C)(C)C)C1. The molecule has 0 unspecified atom stereocenters. The fourth-order valence-electron chi connectivity index (χ4n) is 4.50. The highest BCUT2D eigenvalue weighted by molar-refractivity contribution is 6.42. The van der Waals surface area contributed by atoms with E-state index in [0.29, 0.717) is 21.5 Å². The normalized spacial score (nSPS) is 15.5. The Morgan fingerprint density at radius 2 is 1.79 bits per heavy atom. The number of carbonyl (C=O) groups excluding carboxylic acids is 1. The lowest BCUT2D eigenvalue weighted by Gasteiger charge is -2.53. The number of alkyl halides is 1. The first kappa shape index (κ1) is 29.1. The maximum Gasteiger partial charge on any atom is 0.410 e. The van der Waals surface area contributed by atoms with Crippen molar-refractivity contribution in [3.8, 4) is 5.69 Å². The first-order valence-corrected chi connectivity index (χ1v) is 12.9. The minimum absolute atomic E-state index is 0.0813. The lowest BCUT2D eigenvalue weighted by Crippen LogP contribution is -2.74. The molecule has 0 atom stereocenters. The minimum Gasteiger partial charge on any atom is -0.444 e. The van der Waals surface area contributed by atoms with Crippen LogP contribution in [-0.2, 0) is 10.1 Å². The first-order valence-electron chi connectivity index (χ1n) is 12.1. The Labute approximate surface area is 237 Å². The highest BCUT2D eigenvalue weighted by Crippen LogP contribution is 2.39. The lowest BCUT2D eigenvalue weighted by atomic mass is 9.51. The van der Waals surface area contributed by atoms with E-state index in [4.69, 9.17) is 43.6 Å². The highest BCUT2D eigenvalue weighted by Gasteiger charge is 2.57. The molecule has 14 heteroatoms. The van der Waals surface area contributed by atoms with Crippen LogP contribution in [-0.4, -0.2) is 70.1 Å². The van der Waals surface area contributed by atoms with Crippen molar-refractivity contribution in [2.45, 2.75) is 64.1 Å². The number of aryl methyl sites for hydroxylation is 1. The average molecular weight is 572 g/mol. The number of carbonyl (C=O) groups is 1. The molecular formula is C25H26B2Cl2FN5O4. The summed E-state index contributed by atoms with van der Waals surface area (Å²) in [5.74, 6) is -0.141. The molecule has 0 aromatic carbocycles. The zero-order valence-electron chi connectivity index (χ0n) is 22.4. The van der Waals surface area contributed by atoms with E-state index in [-0.39, 0.29) is 27.3 Å². The highest BCUT2D eigenvalue weighted by atomic mass is 35.5.